The van der Waals surface area contributed by atoms with Crippen LogP contribution in [0.3, 0.4) is 0 Å². The minimum Gasteiger partial charge on any atom is -0.0882 e. The molecule has 0 amide bonds. The Morgan fingerprint density at radius 3 is 0.692 bits per heavy atom. The van der Waals surface area contributed by atoms with E-state index in [0.29, 0.717) is 0 Å². The van der Waals surface area contributed by atoms with E-state index in [4.69, 9.17) is 0 Å². The fourth-order valence-corrected chi connectivity index (χ4v) is 1.28. The molecule has 0 spiro atoms. The molecule has 1 rings (SSSR count). The zero-order chi connectivity index (χ0) is 8.49. The maximum atomic E-state index is 2.29. The summed E-state index contributed by atoms with van der Waals surface area (Å²) in [5.41, 5.74) is 0. The number of hydrogen-bond acceptors (Lipinski definition) is 0. The van der Waals surface area contributed by atoms with Gasteiger partial charge < -0.3 is 0 Å². The zero-order valence-corrected chi connectivity index (χ0v) is 9.01. The molecule has 1 aliphatic carbocycles. The Hall–Kier alpha value is -0.286. The van der Waals surface area contributed by atoms with Crippen LogP contribution in [0.5, 0.6) is 0 Å². The molecule has 0 aromatic carbocycles. The molecule has 0 atom stereocenters. The van der Waals surface area contributed by atoms with Gasteiger partial charge in [-0.1, -0.05) is 36.5 Å². The third-order valence-corrected chi connectivity index (χ3v) is 2.00. The first-order valence-electron chi connectivity index (χ1n) is 4.95. The van der Waals surface area contributed by atoms with Crippen molar-refractivity contribution in [1.29, 1.82) is 0 Å². The molecule has 0 fully saturated rings. The predicted octanol–water partition coefficient (Wildman–Crippen LogP) is 4.01. The van der Waals surface area contributed by atoms with Gasteiger partial charge in [0.15, 0.2) is 0 Å². The van der Waals surface area contributed by atoms with Crippen LogP contribution in [0.4, 0.5) is 0 Å². The topological polar surface area (TPSA) is 0 Å². The molecule has 0 bridgehead atoms. The average Bonchev–Trinajstić information content (AvgIpc) is 2.05. The summed E-state index contributed by atoms with van der Waals surface area (Å²) in [5, 5.41) is 0. The second-order valence-corrected chi connectivity index (χ2v) is 3.15. The van der Waals surface area contributed by atoms with E-state index in [0.717, 1.165) is 0 Å². The van der Waals surface area contributed by atoms with Crippen LogP contribution in [0.15, 0.2) is 36.5 Å². The molecule has 13 heavy (non-hydrogen) atoms. The summed E-state index contributed by atoms with van der Waals surface area (Å²) >= 11 is 0. The van der Waals surface area contributed by atoms with E-state index >= 15 is 0 Å². The van der Waals surface area contributed by atoms with Gasteiger partial charge in [0.2, 0.25) is 0 Å². The normalized spacial score (nSPS) is 18.5. The standard InChI is InChI=1S/C12H18.Ni/c1-2-4-6-8-10-12-11-9-7-5-3-1;/h1-2,7-10H,3-6,11-12H2;. The van der Waals surface area contributed by atoms with Crippen LogP contribution < -0.4 is 0 Å². The summed E-state index contributed by atoms with van der Waals surface area (Å²) in [4.78, 5) is 0. The molecule has 0 aromatic heterocycles. The predicted molar refractivity (Wildman–Crippen MR) is 55.1 cm³/mol. The average molecular weight is 221 g/mol. The van der Waals surface area contributed by atoms with Crippen molar-refractivity contribution in [3.8, 4) is 0 Å². The minimum absolute atomic E-state index is 0. The monoisotopic (exact) mass is 220 g/mol. The molecular weight excluding hydrogens is 203 g/mol. The molecule has 0 unspecified atom stereocenters. The fraction of sp³-hybridized carbons (Fsp3) is 0.500. The molecular formula is C12H18Ni. The van der Waals surface area contributed by atoms with Gasteiger partial charge in [-0.25, -0.2) is 0 Å². The zero-order valence-electron chi connectivity index (χ0n) is 8.02. The molecule has 76 valence electrons. The molecule has 0 aromatic rings. The Morgan fingerprint density at radius 2 is 0.538 bits per heavy atom. The van der Waals surface area contributed by atoms with Crippen molar-refractivity contribution in [1.82, 2.24) is 0 Å². The van der Waals surface area contributed by atoms with Gasteiger partial charge in [-0.2, -0.15) is 0 Å². The van der Waals surface area contributed by atoms with E-state index in [9.17, 15) is 0 Å². The van der Waals surface area contributed by atoms with E-state index in [-0.39, 0.29) is 16.5 Å². The molecule has 0 saturated carbocycles. The number of rotatable bonds is 0. The third kappa shape index (κ3) is 8.05. The Balaban J connectivity index is 0.00000144. The van der Waals surface area contributed by atoms with Crippen molar-refractivity contribution in [2.45, 2.75) is 38.5 Å². The molecule has 0 nitrogen and oxygen atoms in total. The van der Waals surface area contributed by atoms with Gasteiger partial charge in [0, 0.05) is 16.5 Å². The Labute approximate surface area is 91.7 Å². The van der Waals surface area contributed by atoms with E-state index in [2.05, 4.69) is 36.5 Å². The maximum absolute atomic E-state index is 2.29. The summed E-state index contributed by atoms with van der Waals surface area (Å²) in [6.45, 7) is 0. The van der Waals surface area contributed by atoms with Gasteiger partial charge in [-0.15, -0.1) is 0 Å². The molecule has 0 aliphatic heterocycles. The van der Waals surface area contributed by atoms with E-state index in [1.54, 1.807) is 0 Å². The van der Waals surface area contributed by atoms with E-state index < -0.39 is 0 Å². The molecule has 0 saturated heterocycles. The quantitative estimate of drug-likeness (QED) is 0.428. The van der Waals surface area contributed by atoms with Crippen molar-refractivity contribution in [3.63, 3.8) is 0 Å². The summed E-state index contributed by atoms with van der Waals surface area (Å²) in [6, 6.07) is 0. The van der Waals surface area contributed by atoms with Gasteiger partial charge in [-0.05, 0) is 38.5 Å². The Kier molecular flexibility index (Phi) is 9.58. The van der Waals surface area contributed by atoms with Gasteiger partial charge >= 0.3 is 0 Å². The minimum atomic E-state index is 0. The van der Waals surface area contributed by atoms with E-state index in [1.165, 1.54) is 38.5 Å². The second-order valence-electron chi connectivity index (χ2n) is 3.15. The smallest absolute Gasteiger partial charge is 0 e. The summed E-state index contributed by atoms with van der Waals surface area (Å²) in [5.74, 6) is 0. The van der Waals surface area contributed by atoms with Gasteiger partial charge in [0.05, 0.1) is 0 Å². The van der Waals surface area contributed by atoms with Gasteiger partial charge in [0.1, 0.15) is 0 Å². The SMILES string of the molecule is C1=CCCC=CCCC=CCC1.[Ni]. The third-order valence-electron chi connectivity index (χ3n) is 2.00. The molecule has 0 radical (unpaired) electrons. The van der Waals surface area contributed by atoms with E-state index in [1.807, 2.05) is 0 Å². The second kappa shape index (κ2) is 9.80. The van der Waals surface area contributed by atoms with Gasteiger partial charge in [0.25, 0.3) is 0 Å². The molecule has 0 N–H and O–H groups in total. The van der Waals surface area contributed by atoms with Crippen LogP contribution in [-0.4, -0.2) is 0 Å². The summed E-state index contributed by atoms with van der Waals surface area (Å²) in [7, 11) is 0. The van der Waals surface area contributed by atoms with Crippen LogP contribution >= 0.6 is 0 Å². The Morgan fingerprint density at radius 1 is 0.385 bits per heavy atom. The van der Waals surface area contributed by atoms with Crippen LogP contribution in [0.2, 0.25) is 0 Å². The molecule has 0 heterocycles. The van der Waals surface area contributed by atoms with Crippen molar-refractivity contribution >= 4 is 0 Å². The first-order valence-corrected chi connectivity index (χ1v) is 4.95. The first kappa shape index (κ1) is 12.7. The van der Waals surface area contributed by atoms with Crippen LogP contribution in [-0.2, 0) is 16.5 Å². The van der Waals surface area contributed by atoms with Crippen molar-refractivity contribution in [3.05, 3.63) is 36.5 Å². The summed E-state index contributed by atoms with van der Waals surface area (Å²) < 4.78 is 0. The van der Waals surface area contributed by atoms with Crippen LogP contribution in [0.25, 0.3) is 0 Å². The maximum Gasteiger partial charge on any atom is 0 e. The fourth-order valence-electron chi connectivity index (χ4n) is 1.28. The summed E-state index contributed by atoms with van der Waals surface area (Å²) in [6.07, 6.45) is 21.0. The van der Waals surface area contributed by atoms with Crippen LogP contribution in [0, 0.1) is 0 Å². The number of hydrogen-bond donors (Lipinski definition) is 0. The van der Waals surface area contributed by atoms with Crippen LogP contribution in [0.1, 0.15) is 38.5 Å². The van der Waals surface area contributed by atoms with Crippen molar-refractivity contribution in [2.24, 2.45) is 0 Å². The largest absolute Gasteiger partial charge is 0.0882 e. The van der Waals surface area contributed by atoms with Crippen molar-refractivity contribution < 1.29 is 16.5 Å². The van der Waals surface area contributed by atoms with Crippen molar-refractivity contribution in [2.75, 3.05) is 0 Å². The molecule has 1 heteroatoms. The first-order chi connectivity index (χ1) is 6.00. The number of allylic oxidation sites excluding steroid dienone is 6. The van der Waals surface area contributed by atoms with Gasteiger partial charge in [-0.3, -0.25) is 0 Å². The molecule has 1 aliphatic rings. The Bertz CT molecular complexity index is 126.